The van der Waals surface area contributed by atoms with Gasteiger partial charge in [-0.05, 0) is 68.1 Å². The third-order valence-electron chi connectivity index (χ3n) is 4.66. The molecule has 0 bridgehead atoms. The highest BCUT2D eigenvalue weighted by molar-refractivity contribution is 7.92. The van der Waals surface area contributed by atoms with E-state index in [9.17, 15) is 13.2 Å². The molecule has 0 saturated heterocycles. The number of aryl methyl sites for hydroxylation is 1. The Morgan fingerprint density at radius 1 is 1.12 bits per heavy atom. The smallest absolute Gasteiger partial charge is 0.260 e. The predicted molar refractivity (Wildman–Crippen MR) is 127 cm³/mol. The van der Waals surface area contributed by atoms with E-state index in [1.54, 1.807) is 30.3 Å². The van der Waals surface area contributed by atoms with Gasteiger partial charge in [0.1, 0.15) is 6.54 Å². The summed E-state index contributed by atoms with van der Waals surface area (Å²) in [5.74, 6) is 0.683. The molecule has 0 heterocycles. The van der Waals surface area contributed by atoms with Crippen molar-refractivity contribution in [2.75, 3.05) is 30.3 Å². The number of hydrazone groups is 1. The molecular formula is C23H31N3O5S. The Morgan fingerprint density at radius 3 is 2.53 bits per heavy atom. The number of hydrogen-bond acceptors (Lipinski definition) is 6. The first-order chi connectivity index (χ1) is 15.2. The Labute approximate surface area is 190 Å². The molecule has 0 saturated carbocycles. The van der Waals surface area contributed by atoms with Crippen molar-refractivity contribution >= 4 is 27.8 Å². The largest absolute Gasteiger partial charge is 0.490 e. The van der Waals surface area contributed by atoms with Gasteiger partial charge in [-0.25, -0.2) is 13.8 Å². The molecule has 8 nitrogen and oxygen atoms in total. The summed E-state index contributed by atoms with van der Waals surface area (Å²) in [4.78, 5) is 12.4. The number of carbonyl (C=O) groups is 1. The Hall–Kier alpha value is -3.07. The molecule has 0 aliphatic rings. The molecule has 174 valence electrons. The van der Waals surface area contributed by atoms with Crippen molar-refractivity contribution in [3.8, 4) is 11.5 Å². The Bertz CT molecular complexity index is 1070. The van der Waals surface area contributed by atoms with Gasteiger partial charge in [0.25, 0.3) is 5.91 Å². The monoisotopic (exact) mass is 461 g/mol. The second kappa shape index (κ2) is 11.5. The van der Waals surface area contributed by atoms with Crippen LogP contribution in [0.15, 0.2) is 41.5 Å². The lowest BCUT2D eigenvalue weighted by molar-refractivity contribution is -0.119. The Morgan fingerprint density at radius 2 is 1.88 bits per heavy atom. The maximum absolute atomic E-state index is 12.4. The molecule has 0 aromatic heterocycles. The number of rotatable bonds is 11. The lowest BCUT2D eigenvalue weighted by atomic mass is 10.1. The van der Waals surface area contributed by atoms with Crippen LogP contribution in [0.1, 0.15) is 37.0 Å². The molecule has 0 spiro atoms. The first kappa shape index (κ1) is 25.2. The summed E-state index contributed by atoms with van der Waals surface area (Å²) in [6, 6.07) is 10.7. The fraction of sp³-hybridized carbons (Fsp3) is 0.391. The third-order valence-corrected chi connectivity index (χ3v) is 5.79. The van der Waals surface area contributed by atoms with E-state index in [-0.39, 0.29) is 6.54 Å². The van der Waals surface area contributed by atoms with Gasteiger partial charge in [-0.2, -0.15) is 5.10 Å². The molecule has 2 rings (SSSR count). The van der Waals surface area contributed by atoms with Crippen molar-refractivity contribution in [2.24, 2.45) is 5.10 Å². The maximum Gasteiger partial charge on any atom is 0.260 e. The second-order valence-corrected chi connectivity index (χ2v) is 9.18. The van der Waals surface area contributed by atoms with Crippen molar-refractivity contribution in [1.82, 2.24) is 5.43 Å². The van der Waals surface area contributed by atoms with E-state index >= 15 is 0 Å². The average molecular weight is 462 g/mol. The van der Waals surface area contributed by atoms with E-state index < -0.39 is 15.9 Å². The van der Waals surface area contributed by atoms with Gasteiger partial charge < -0.3 is 9.47 Å². The highest BCUT2D eigenvalue weighted by Crippen LogP contribution is 2.28. The normalized spacial score (nSPS) is 11.4. The first-order valence-corrected chi connectivity index (χ1v) is 12.3. The lowest BCUT2D eigenvalue weighted by Crippen LogP contribution is -2.39. The van der Waals surface area contributed by atoms with E-state index in [2.05, 4.69) is 10.5 Å². The van der Waals surface area contributed by atoms with Crippen LogP contribution in [0.25, 0.3) is 0 Å². The SMILES string of the molecule is CCCOc1ccc(/C=N\NC(=O)CN(c2cccc(C)c2C)S(C)(=O)=O)cc1OCC. The molecule has 32 heavy (non-hydrogen) atoms. The highest BCUT2D eigenvalue weighted by Gasteiger charge is 2.22. The lowest BCUT2D eigenvalue weighted by Gasteiger charge is -2.23. The molecule has 0 atom stereocenters. The van der Waals surface area contributed by atoms with Crippen molar-refractivity contribution < 1.29 is 22.7 Å². The van der Waals surface area contributed by atoms with E-state index in [1.807, 2.05) is 33.8 Å². The van der Waals surface area contributed by atoms with Crippen LogP contribution in [-0.2, 0) is 14.8 Å². The molecule has 9 heteroatoms. The van der Waals surface area contributed by atoms with E-state index in [0.717, 1.165) is 28.1 Å². The summed E-state index contributed by atoms with van der Waals surface area (Å²) in [5.41, 5.74) is 5.29. The summed E-state index contributed by atoms with van der Waals surface area (Å²) in [5, 5.41) is 3.96. The summed E-state index contributed by atoms with van der Waals surface area (Å²) in [6.45, 7) is 8.31. The fourth-order valence-electron chi connectivity index (χ4n) is 2.94. The summed E-state index contributed by atoms with van der Waals surface area (Å²) in [7, 11) is -3.66. The van der Waals surface area contributed by atoms with E-state index in [4.69, 9.17) is 9.47 Å². The second-order valence-electron chi connectivity index (χ2n) is 7.27. The number of sulfonamides is 1. The molecule has 2 aromatic carbocycles. The van der Waals surface area contributed by atoms with Crippen LogP contribution in [0.4, 0.5) is 5.69 Å². The highest BCUT2D eigenvalue weighted by atomic mass is 32.2. The molecule has 0 fully saturated rings. The maximum atomic E-state index is 12.4. The van der Waals surface area contributed by atoms with Crippen molar-refractivity contribution in [2.45, 2.75) is 34.1 Å². The van der Waals surface area contributed by atoms with Gasteiger partial charge in [-0.3, -0.25) is 9.10 Å². The van der Waals surface area contributed by atoms with E-state index in [1.165, 1.54) is 6.21 Å². The molecule has 1 amide bonds. The number of nitrogens with zero attached hydrogens (tertiary/aromatic N) is 2. The Kier molecular flexibility index (Phi) is 9.07. The third kappa shape index (κ3) is 6.98. The zero-order valence-corrected chi connectivity index (χ0v) is 20.0. The zero-order chi connectivity index (χ0) is 23.7. The minimum absolute atomic E-state index is 0.380. The number of hydrogen-bond donors (Lipinski definition) is 1. The van der Waals surface area contributed by atoms with Crippen LogP contribution in [0.5, 0.6) is 11.5 Å². The number of carbonyl (C=O) groups excluding carboxylic acids is 1. The molecular weight excluding hydrogens is 430 g/mol. The van der Waals surface area contributed by atoms with Gasteiger partial charge in [0.15, 0.2) is 11.5 Å². The van der Waals surface area contributed by atoms with Gasteiger partial charge in [-0.1, -0.05) is 19.1 Å². The Balaban J connectivity index is 2.11. The van der Waals surface area contributed by atoms with Gasteiger partial charge in [0.2, 0.25) is 10.0 Å². The van der Waals surface area contributed by atoms with Crippen molar-refractivity contribution in [1.29, 1.82) is 0 Å². The number of benzene rings is 2. The van der Waals surface area contributed by atoms with Crippen LogP contribution in [0, 0.1) is 13.8 Å². The van der Waals surface area contributed by atoms with Crippen LogP contribution < -0.4 is 19.2 Å². The van der Waals surface area contributed by atoms with Gasteiger partial charge in [-0.15, -0.1) is 0 Å². The fourth-order valence-corrected chi connectivity index (χ4v) is 3.84. The number of anilines is 1. The van der Waals surface area contributed by atoms with E-state index in [0.29, 0.717) is 36.0 Å². The summed E-state index contributed by atoms with van der Waals surface area (Å²) < 4.78 is 37.0. The van der Waals surface area contributed by atoms with Crippen LogP contribution in [0.2, 0.25) is 0 Å². The van der Waals surface area contributed by atoms with Crippen molar-refractivity contribution in [3.05, 3.63) is 53.1 Å². The minimum atomic E-state index is -3.66. The molecule has 0 aliphatic heterocycles. The number of ether oxygens (including phenoxy) is 2. The van der Waals surface area contributed by atoms with Gasteiger partial charge in [0, 0.05) is 0 Å². The molecule has 1 N–H and O–H groups in total. The number of amides is 1. The molecule has 0 aliphatic carbocycles. The topological polar surface area (TPSA) is 97.3 Å². The standard InChI is InChI=1S/C23H31N3O5S/c1-6-13-31-21-12-11-19(14-22(21)30-7-2)15-24-25-23(27)16-26(32(5,28)29)20-10-8-9-17(3)18(20)4/h8-12,14-15H,6-7,13,16H2,1-5H3,(H,25,27)/b24-15-. The van der Waals surface area contributed by atoms with Crippen LogP contribution >= 0.6 is 0 Å². The zero-order valence-electron chi connectivity index (χ0n) is 19.2. The van der Waals surface area contributed by atoms with Crippen molar-refractivity contribution in [3.63, 3.8) is 0 Å². The molecule has 0 unspecified atom stereocenters. The predicted octanol–water partition coefficient (Wildman–Crippen LogP) is 3.41. The molecule has 0 radical (unpaired) electrons. The number of nitrogens with one attached hydrogen (secondary N) is 1. The van der Waals surface area contributed by atoms with Gasteiger partial charge in [0.05, 0.1) is 31.4 Å². The van der Waals surface area contributed by atoms with Gasteiger partial charge >= 0.3 is 0 Å². The average Bonchev–Trinajstić information content (AvgIpc) is 2.73. The summed E-state index contributed by atoms with van der Waals surface area (Å²) in [6.07, 6.45) is 3.42. The minimum Gasteiger partial charge on any atom is -0.490 e. The van der Waals surface area contributed by atoms with Crippen LogP contribution in [-0.4, -0.2) is 46.6 Å². The van der Waals surface area contributed by atoms with Crippen LogP contribution in [0.3, 0.4) is 0 Å². The summed E-state index contributed by atoms with van der Waals surface area (Å²) >= 11 is 0. The molecule has 2 aromatic rings. The first-order valence-electron chi connectivity index (χ1n) is 10.4. The quantitative estimate of drug-likeness (QED) is 0.409.